The molecular weight excluding hydrogens is 340 g/mol. The van der Waals surface area contributed by atoms with E-state index in [1.165, 1.54) is 4.90 Å². The Hall–Kier alpha value is -2.68. The first-order chi connectivity index (χ1) is 12.5. The number of benzene rings is 1. The van der Waals surface area contributed by atoms with E-state index in [0.717, 1.165) is 17.5 Å². The summed E-state index contributed by atoms with van der Waals surface area (Å²) < 4.78 is 10.9. The summed E-state index contributed by atoms with van der Waals surface area (Å²) in [5.74, 6) is 0.778. The van der Waals surface area contributed by atoms with E-state index in [-0.39, 0.29) is 11.9 Å². The van der Waals surface area contributed by atoms with E-state index in [1.54, 1.807) is 4.90 Å². The molecule has 1 aromatic carbocycles. The van der Waals surface area contributed by atoms with E-state index >= 15 is 0 Å². The van der Waals surface area contributed by atoms with Crippen LogP contribution < -0.4 is 4.74 Å². The molecule has 9 nitrogen and oxygen atoms in total. The lowest BCUT2D eigenvalue weighted by atomic mass is 10.1. The number of para-hydroxylation sites is 1. The lowest BCUT2D eigenvalue weighted by Crippen LogP contribution is -2.41. The number of nitrogens with zero attached hydrogens (tertiary/aromatic N) is 4. The van der Waals surface area contributed by atoms with Gasteiger partial charge < -0.3 is 14.4 Å². The average Bonchev–Trinajstić information content (AvgIpc) is 3.22. The van der Waals surface area contributed by atoms with E-state index in [4.69, 9.17) is 9.47 Å². The predicted molar refractivity (Wildman–Crippen MR) is 93.6 cm³/mol. The van der Waals surface area contributed by atoms with Crippen LogP contribution in [0.1, 0.15) is 17.5 Å². The van der Waals surface area contributed by atoms with Crippen molar-refractivity contribution in [2.24, 2.45) is 11.0 Å². The summed E-state index contributed by atoms with van der Waals surface area (Å²) in [5.41, 5.74) is 1.65. The molecule has 0 saturated carbocycles. The molecule has 1 atom stereocenters. The Kier molecular flexibility index (Phi) is 5.36. The van der Waals surface area contributed by atoms with Crippen molar-refractivity contribution in [1.82, 2.24) is 9.80 Å². The Balaban J connectivity index is 1.76. The topological polar surface area (TPSA) is 97.5 Å². The van der Waals surface area contributed by atoms with Gasteiger partial charge in [-0.3, -0.25) is 0 Å². The highest BCUT2D eigenvalue weighted by Crippen LogP contribution is 2.24. The van der Waals surface area contributed by atoms with Crippen molar-refractivity contribution in [3.63, 3.8) is 0 Å². The van der Waals surface area contributed by atoms with Crippen molar-refractivity contribution in [3.8, 4) is 5.75 Å². The van der Waals surface area contributed by atoms with Crippen LogP contribution in [0.4, 0.5) is 4.79 Å². The number of rotatable bonds is 4. The second kappa shape index (κ2) is 7.69. The normalized spacial score (nSPS) is 21.5. The van der Waals surface area contributed by atoms with E-state index in [9.17, 15) is 14.9 Å². The molecule has 1 amide bonds. The molecule has 140 valence electrons. The van der Waals surface area contributed by atoms with E-state index in [2.05, 4.69) is 5.10 Å². The van der Waals surface area contributed by atoms with Gasteiger partial charge in [-0.05, 0) is 31.4 Å². The number of carbonyl (C=O) groups is 1. The summed E-state index contributed by atoms with van der Waals surface area (Å²) in [7, 11) is 0. The summed E-state index contributed by atoms with van der Waals surface area (Å²) in [4.78, 5) is 26.6. The van der Waals surface area contributed by atoms with Gasteiger partial charge in [-0.2, -0.15) is 0 Å². The smallest absolute Gasteiger partial charge is 0.409 e. The maximum Gasteiger partial charge on any atom is 0.422 e. The van der Waals surface area contributed by atoms with Crippen molar-refractivity contribution in [3.05, 3.63) is 39.4 Å². The highest BCUT2D eigenvalue weighted by Gasteiger charge is 2.37. The Morgan fingerprint density at radius 1 is 1.38 bits per heavy atom. The SMILES string of the molecule is Cc1cccc(C)c1OC(=O)N1CCN(CC2CCOC2)C1=N[N+](=O)[O-]. The zero-order chi connectivity index (χ0) is 18.7. The van der Waals surface area contributed by atoms with E-state index < -0.39 is 11.1 Å². The van der Waals surface area contributed by atoms with Gasteiger partial charge in [0.25, 0.3) is 5.96 Å². The maximum absolute atomic E-state index is 12.6. The zero-order valence-electron chi connectivity index (χ0n) is 14.9. The Morgan fingerprint density at radius 3 is 2.73 bits per heavy atom. The molecule has 1 aromatic rings. The third-order valence-electron chi connectivity index (χ3n) is 4.61. The second-order valence-corrected chi connectivity index (χ2v) is 6.55. The number of ether oxygens (including phenoxy) is 2. The van der Waals surface area contributed by atoms with Crippen LogP contribution in [0.25, 0.3) is 0 Å². The minimum absolute atomic E-state index is 0.0261. The molecule has 0 N–H and O–H groups in total. The minimum Gasteiger partial charge on any atom is -0.409 e. The second-order valence-electron chi connectivity index (χ2n) is 6.55. The van der Waals surface area contributed by atoms with Gasteiger partial charge in [0.1, 0.15) is 10.9 Å². The number of hydrogen-bond acceptors (Lipinski definition) is 5. The largest absolute Gasteiger partial charge is 0.422 e. The van der Waals surface area contributed by atoms with Crippen LogP contribution in [0.15, 0.2) is 23.3 Å². The fourth-order valence-electron chi connectivity index (χ4n) is 3.27. The number of carbonyl (C=O) groups excluding carboxylic acids is 1. The van der Waals surface area contributed by atoms with Crippen LogP contribution in [0, 0.1) is 29.9 Å². The van der Waals surface area contributed by atoms with Crippen LogP contribution in [-0.2, 0) is 4.74 Å². The summed E-state index contributed by atoms with van der Waals surface area (Å²) in [6.45, 7) is 6.35. The van der Waals surface area contributed by atoms with Gasteiger partial charge in [0.15, 0.2) is 5.03 Å². The van der Waals surface area contributed by atoms with Gasteiger partial charge in [-0.1, -0.05) is 18.2 Å². The molecule has 9 heteroatoms. The monoisotopic (exact) mass is 362 g/mol. The number of hydrogen-bond donors (Lipinski definition) is 0. The van der Waals surface area contributed by atoms with E-state index in [0.29, 0.717) is 38.6 Å². The molecule has 0 aromatic heterocycles. The van der Waals surface area contributed by atoms with E-state index in [1.807, 2.05) is 32.0 Å². The summed E-state index contributed by atoms with van der Waals surface area (Å²) in [5, 5.41) is 13.6. The van der Waals surface area contributed by atoms with Crippen LogP contribution in [-0.4, -0.2) is 59.7 Å². The molecule has 3 rings (SSSR count). The zero-order valence-corrected chi connectivity index (χ0v) is 14.9. The van der Waals surface area contributed by atoms with Crippen molar-refractivity contribution in [2.75, 3.05) is 32.8 Å². The summed E-state index contributed by atoms with van der Waals surface area (Å²) in [6, 6.07) is 5.57. The molecule has 2 saturated heterocycles. The van der Waals surface area contributed by atoms with Crippen LogP contribution >= 0.6 is 0 Å². The molecular formula is C17H22N4O5. The van der Waals surface area contributed by atoms with Gasteiger partial charge in [-0.25, -0.2) is 19.8 Å². The van der Waals surface area contributed by atoms with Gasteiger partial charge in [0, 0.05) is 25.6 Å². The molecule has 2 aliphatic rings. The first kappa shape index (κ1) is 18.1. The first-order valence-electron chi connectivity index (χ1n) is 8.57. The third kappa shape index (κ3) is 3.93. The Bertz CT molecular complexity index is 710. The predicted octanol–water partition coefficient (Wildman–Crippen LogP) is 2.00. The van der Waals surface area contributed by atoms with Crippen molar-refractivity contribution < 1.29 is 19.3 Å². The molecule has 2 fully saturated rings. The molecule has 0 spiro atoms. The fourth-order valence-corrected chi connectivity index (χ4v) is 3.27. The van der Waals surface area contributed by atoms with Gasteiger partial charge in [0.05, 0.1) is 13.2 Å². The van der Waals surface area contributed by atoms with Crippen LogP contribution in [0.5, 0.6) is 5.75 Å². The van der Waals surface area contributed by atoms with Crippen molar-refractivity contribution in [1.29, 1.82) is 0 Å². The Morgan fingerprint density at radius 2 is 2.12 bits per heavy atom. The van der Waals surface area contributed by atoms with Gasteiger partial charge in [0.2, 0.25) is 0 Å². The molecule has 0 aliphatic carbocycles. The minimum atomic E-state index is -0.780. The van der Waals surface area contributed by atoms with Gasteiger partial charge >= 0.3 is 6.09 Å². The number of amides is 1. The lowest BCUT2D eigenvalue weighted by molar-refractivity contribution is -0.486. The van der Waals surface area contributed by atoms with Crippen molar-refractivity contribution in [2.45, 2.75) is 20.3 Å². The number of nitro groups is 1. The van der Waals surface area contributed by atoms with Crippen LogP contribution in [0.2, 0.25) is 0 Å². The Labute approximate surface area is 151 Å². The quantitative estimate of drug-likeness (QED) is 0.600. The number of guanidine groups is 1. The van der Waals surface area contributed by atoms with Crippen LogP contribution in [0.3, 0.4) is 0 Å². The molecule has 2 heterocycles. The highest BCUT2D eigenvalue weighted by molar-refractivity contribution is 5.96. The number of hydrazone groups is 1. The first-order valence-corrected chi connectivity index (χ1v) is 8.57. The standard InChI is InChI=1S/C17H22N4O5/c1-12-4-3-5-13(2)15(12)26-17(22)20-8-7-19(16(20)18-21(23)24)10-14-6-9-25-11-14/h3-5,14H,6-11H2,1-2H3. The highest BCUT2D eigenvalue weighted by atomic mass is 16.7. The average molecular weight is 362 g/mol. The molecule has 26 heavy (non-hydrogen) atoms. The molecule has 0 bridgehead atoms. The summed E-state index contributed by atoms with van der Waals surface area (Å²) in [6.07, 6.45) is 0.239. The third-order valence-corrected chi connectivity index (χ3v) is 4.61. The maximum atomic E-state index is 12.6. The molecule has 0 radical (unpaired) electrons. The van der Waals surface area contributed by atoms with Crippen molar-refractivity contribution >= 4 is 12.1 Å². The summed E-state index contributed by atoms with van der Waals surface area (Å²) >= 11 is 0. The fraction of sp³-hybridized carbons (Fsp3) is 0.529. The molecule has 1 unspecified atom stereocenters. The molecule has 2 aliphatic heterocycles. The van der Waals surface area contributed by atoms with Gasteiger partial charge in [-0.15, -0.1) is 0 Å². The number of aryl methyl sites for hydroxylation is 2. The lowest BCUT2D eigenvalue weighted by Gasteiger charge is -2.22.